The maximum Gasteiger partial charge on any atom is 0.310 e. The normalized spacial score (nSPS) is 10.6. The van der Waals surface area contributed by atoms with Crippen molar-refractivity contribution < 1.29 is 23.4 Å². The number of pyridine rings is 1. The molecule has 1 aromatic heterocycles. The third kappa shape index (κ3) is 2.57. The van der Waals surface area contributed by atoms with E-state index in [0.29, 0.717) is 0 Å². The van der Waals surface area contributed by atoms with Crippen molar-refractivity contribution >= 4 is 17.6 Å². The molecule has 0 radical (unpaired) electrons. The molecule has 0 atom stereocenters. The second kappa shape index (κ2) is 5.07. The van der Waals surface area contributed by atoms with Crippen LogP contribution in [0.15, 0.2) is 6.20 Å². The number of halogens is 3. The van der Waals surface area contributed by atoms with Crippen LogP contribution in [0, 0.1) is 0 Å². The number of nitrogens with zero attached hydrogens (tertiary/aromatic N) is 1. The molecule has 1 N–H and O–H groups in total. The molecule has 1 rings (SSSR count). The van der Waals surface area contributed by atoms with Gasteiger partial charge in [0.15, 0.2) is 5.75 Å². The van der Waals surface area contributed by atoms with Crippen molar-refractivity contribution in [1.82, 2.24) is 4.98 Å². The Morgan fingerprint density at radius 3 is 2.81 bits per heavy atom. The van der Waals surface area contributed by atoms with Crippen molar-refractivity contribution in [3.05, 3.63) is 22.5 Å². The predicted molar refractivity (Wildman–Crippen MR) is 51.6 cm³/mol. The number of alkyl halides is 2. The summed E-state index contributed by atoms with van der Waals surface area (Å²) in [6.07, 6.45) is -2.53. The van der Waals surface area contributed by atoms with E-state index < -0.39 is 30.3 Å². The topological polar surface area (TPSA) is 59.4 Å². The van der Waals surface area contributed by atoms with Crippen LogP contribution in [0.5, 0.6) is 5.75 Å². The minimum Gasteiger partial charge on any atom is -0.505 e. The number of carbonyl (C=O) groups excluding carboxylic acids is 1. The van der Waals surface area contributed by atoms with Gasteiger partial charge in [-0.05, 0) is 0 Å². The quantitative estimate of drug-likeness (QED) is 0.836. The summed E-state index contributed by atoms with van der Waals surface area (Å²) in [6, 6.07) is 0. The smallest absolute Gasteiger partial charge is 0.310 e. The molecule has 0 saturated heterocycles. The Balaban J connectivity index is 3.20. The molecule has 88 valence electrons. The van der Waals surface area contributed by atoms with Gasteiger partial charge in [0.1, 0.15) is 5.69 Å². The van der Waals surface area contributed by atoms with Crippen molar-refractivity contribution in [3.8, 4) is 5.75 Å². The number of carbonyl (C=O) groups is 1. The van der Waals surface area contributed by atoms with E-state index >= 15 is 0 Å². The van der Waals surface area contributed by atoms with E-state index in [0.717, 1.165) is 13.3 Å². The van der Waals surface area contributed by atoms with Crippen molar-refractivity contribution in [3.63, 3.8) is 0 Å². The summed E-state index contributed by atoms with van der Waals surface area (Å²) in [5.41, 5.74) is -0.850. The van der Waals surface area contributed by atoms with E-state index in [9.17, 15) is 18.7 Å². The number of aromatic hydroxyl groups is 1. The van der Waals surface area contributed by atoms with E-state index in [1.165, 1.54) is 0 Å². The molecule has 0 bridgehead atoms. The van der Waals surface area contributed by atoms with Crippen LogP contribution in [0.4, 0.5) is 8.78 Å². The molecule has 0 aliphatic rings. The molecule has 0 aliphatic heterocycles. The van der Waals surface area contributed by atoms with Crippen LogP contribution in [0.25, 0.3) is 0 Å². The van der Waals surface area contributed by atoms with Crippen molar-refractivity contribution in [1.29, 1.82) is 0 Å². The summed E-state index contributed by atoms with van der Waals surface area (Å²) in [5.74, 6) is -1.19. The fourth-order valence-electron chi connectivity index (χ4n) is 1.11. The Kier molecular flexibility index (Phi) is 4.00. The second-order valence-electron chi connectivity index (χ2n) is 2.87. The lowest BCUT2D eigenvalue weighted by Crippen LogP contribution is -2.09. The minimum atomic E-state index is -2.88. The van der Waals surface area contributed by atoms with Gasteiger partial charge in [-0.2, -0.15) is 0 Å². The molecule has 1 aromatic rings. The third-order valence-electron chi connectivity index (χ3n) is 1.88. The highest BCUT2D eigenvalue weighted by Crippen LogP contribution is 2.32. The number of methoxy groups -OCH3 is 1. The van der Waals surface area contributed by atoms with E-state index in [4.69, 9.17) is 11.6 Å². The van der Waals surface area contributed by atoms with Crippen LogP contribution in [-0.2, 0) is 16.0 Å². The molecule has 7 heteroatoms. The van der Waals surface area contributed by atoms with E-state index in [-0.39, 0.29) is 10.6 Å². The highest BCUT2D eigenvalue weighted by Gasteiger charge is 2.22. The molecule has 0 unspecified atom stereocenters. The lowest BCUT2D eigenvalue weighted by Gasteiger charge is -2.09. The number of rotatable bonds is 3. The summed E-state index contributed by atoms with van der Waals surface area (Å²) in [7, 11) is 1.12. The fraction of sp³-hybridized carbons (Fsp3) is 0.333. The van der Waals surface area contributed by atoms with Gasteiger partial charge in [0.25, 0.3) is 6.43 Å². The van der Waals surface area contributed by atoms with Gasteiger partial charge in [-0.25, -0.2) is 8.78 Å². The number of aromatic nitrogens is 1. The first-order valence-electron chi connectivity index (χ1n) is 4.18. The van der Waals surface area contributed by atoms with E-state index in [1.807, 2.05) is 0 Å². The van der Waals surface area contributed by atoms with Gasteiger partial charge in [0.05, 0.1) is 24.8 Å². The van der Waals surface area contributed by atoms with Gasteiger partial charge >= 0.3 is 5.97 Å². The molecular weight excluding hydrogens is 244 g/mol. The number of hydrogen-bond donors (Lipinski definition) is 1. The molecule has 0 aromatic carbocycles. The molecule has 0 amide bonds. The Hall–Kier alpha value is -1.43. The van der Waals surface area contributed by atoms with Gasteiger partial charge in [-0.15, -0.1) is 0 Å². The largest absolute Gasteiger partial charge is 0.505 e. The second-order valence-corrected chi connectivity index (χ2v) is 3.25. The first kappa shape index (κ1) is 12.6. The molecule has 1 heterocycles. The molecule has 0 saturated carbocycles. The SMILES string of the molecule is COC(=O)Cc1c(C(F)F)ncc(O)c1Cl. The van der Waals surface area contributed by atoms with Gasteiger partial charge < -0.3 is 9.84 Å². The predicted octanol–water partition coefficient (Wildman–Crippen LogP) is 2.09. The first-order valence-corrected chi connectivity index (χ1v) is 4.56. The molecule has 0 aliphatic carbocycles. The lowest BCUT2D eigenvalue weighted by molar-refractivity contribution is -0.139. The molecule has 4 nitrogen and oxygen atoms in total. The van der Waals surface area contributed by atoms with Crippen molar-refractivity contribution in [2.75, 3.05) is 7.11 Å². The van der Waals surface area contributed by atoms with Crippen molar-refractivity contribution in [2.45, 2.75) is 12.8 Å². The maximum absolute atomic E-state index is 12.5. The van der Waals surface area contributed by atoms with Crippen LogP contribution < -0.4 is 0 Å². The summed E-state index contributed by atoms with van der Waals surface area (Å²) in [5, 5.41) is 8.89. The zero-order valence-electron chi connectivity index (χ0n) is 8.21. The first-order chi connectivity index (χ1) is 7.47. The monoisotopic (exact) mass is 251 g/mol. The lowest BCUT2D eigenvalue weighted by atomic mass is 10.1. The Morgan fingerprint density at radius 2 is 2.31 bits per heavy atom. The fourth-order valence-corrected chi connectivity index (χ4v) is 1.32. The Morgan fingerprint density at radius 1 is 1.69 bits per heavy atom. The summed E-state index contributed by atoms with van der Waals surface area (Å²) in [6.45, 7) is 0. The number of esters is 1. The van der Waals surface area contributed by atoms with Crippen LogP contribution in [-0.4, -0.2) is 23.2 Å². The zero-order chi connectivity index (χ0) is 12.3. The minimum absolute atomic E-state index is 0.219. The standard InChI is InChI=1S/C9H8ClF2NO3/c1-16-6(15)2-4-7(10)5(14)3-13-8(4)9(11)12/h3,9,14H,2H2,1H3. The van der Waals surface area contributed by atoms with E-state index in [1.54, 1.807) is 0 Å². The van der Waals surface area contributed by atoms with Crippen LogP contribution in [0.1, 0.15) is 17.7 Å². The van der Waals surface area contributed by atoms with Crippen LogP contribution >= 0.6 is 11.6 Å². The summed E-state index contributed by atoms with van der Waals surface area (Å²) in [4.78, 5) is 14.3. The third-order valence-corrected chi connectivity index (χ3v) is 2.30. The van der Waals surface area contributed by atoms with E-state index in [2.05, 4.69) is 9.72 Å². The summed E-state index contributed by atoms with van der Waals surface area (Å²) < 4.78 is 29.4. The number of hydrogen-bond acceptors (Lipinski definition) is 4. The van der Waals surface area contributed by atoms with Gasteiger partial charge in [0, 0.05) is 5.56 Å². The molecule has 0 fully saturated rings. The average molecular weight is 252 g/mol. The van der Waals surface area contributed by atoms with Crippen LogP contribution in [0.2, 0.25) is 5.02 Å². The Labute approximate surface area is 94.8 Å². The zero-order valence-corrected chi connectivity index (χ0v) is 8.96. The Bertz CT molecular complexity index is 412. The highest BCUT2D eigenvalue weighted by atomic mass is 35.5. The van der Waals surface area contributed by atoms with Gasteiger partial charge in [-0.3, -0.25) is 9.78 Å². The molecule has 16 heavy (non-hydrogen) atoms. The van der Waals surface area contributed by atoms with Gasteiger partial charge in [0.2, 0.25) is 0 Å². The summed E-state index contributed by atoms with van der Waals surface area (Å²) >= 11 is 5.61. The van der Waals surface area contributed by atoms with Crippen molar-refractivity contribution in [2.24, 2.45) is 0 Å². The van der Waals surface area contributed by atoms with Crippen LogP contribution in [0.3, 0.4) is 0 Å². The number of ether oxygens (including phenoxy) is 1. The molecule has 0 spiro atoms. The average Bonchev–Trinajstić information content (AvgIpc) is 2.24. The highest BCUT2D eigenvalue weighted by molar-refractivity contribution is 6.33. The molecular formula is C9H8ClF2NO3. The maximum atomic E-state index is 12.5. The van der Waals surface area contributed by atoms with Gasteiger partial charge in [-0.1, -0.05) is 11.6 Å².